The number of sulfonamides is 1. The zero-order valence-corrected chi connectivity index (χ0v) is 22.5. The average Bonchev–Trinajstić information content (AvgIpc) is 2.96. The van der Waals surface area contributed by atoms with Gasteiger partial charge < -0.3 is 29.0 Å². The van der Waals surface area contributed by atoms with Gasteiger partial charge in [0.05, 0.1) is 45.9 Å². The minimum Gasteiger partial charge on any atom is -0.493 e. The Labute approximate surface area is 226 Å². The molecule has 1 heterocycles. The number of benzene rings is 3. The Morgan fingerprint density at radius 1 is 0.821 bits per heavy atom. The molecular formula is C27H28N2O9S. The topological polar surface area (TPSA) is 132 Å². The number of aliphatic carboxylic acids is 1. The summed E-state index contributed by atoms with van der Waals surface area (Å²) in [5.41, 5.74) is 0.608. The van der Waals surface area contributed by atoms with Crippen LogP contribution in [0.15, 0.2) is 71.6 Å². The Balaban J connectivity index is 1.96. The molecule has 2 atom stereocenters. The van der Waals surface area contributed by atoms with Crippen molar-refractivity contribution in [3.63, 3.8) is 0 Å². The Morgan fingerprint density at radius 2 is 1.38 bits per heavy atom. The SMILES string of the molecule is COc1ccc([C@@H]2[C@@H](C(=O)O)N(S(=O)(=O)c3ccccc3)CC(=O)N2c2ccc(OC)c(OC)c2)cc1OC. The number of nitrogens with zero attached hydrogens (tertiary/aromatic N) is 2. The summed E-state index contributed by atoms with van der Waals surface area (Å²) in [5.74, 6) is -0.716. The van der Waals surface area contributed by atoms with Gasteiger partial charge in [-0.3, -0.25) is 9.59 Å². The van der Waals surface area contributed by atoms with Crippen molar-refractivity contribution < 1.29 is 42.1 Å². The lowest BCUT2D eigenvalue weighted by Crippen LogP contribution is -2.62. The van der Waals surface area contributed by atoms with Gasteiger partial charge in [-0.1, -0.05) is 24.3 Å². The fourth-order valence-electron chi connectivity index (χ4n) is 4.63. The highest BCUT2D eigenvalue weighted by Crippen LogP contribution is 2.43. The zero-order valence-electron chi connectivity index (χ0n) is 21.7. The molecule has 0 aromatic heterocycles. The molecule has 0 aliphatic carbocycles. The van der Waals surface area contributed by atoms with Gasteiger partial charge in [-0.2, -0.15) is 4.31 Å². The van der Waals surface area contributed by atoms with E-state index in [1.807, 2.05) is 0 Å². The summed E-state index contributed by atoms with van der Waals surface area (Å²) in [6.45, 7) is -0.702. The second kappa shape index (κ2) is 11.2. The monoisotopic (exact) mass is 556 g/mol. The number of methoxy groups -OCH3 is 4. The second-order valence-corrected chi connectivity index (χ2v) is 10.4. The highest BCUT2D eigenvalue weighted by atomic mass is 32.2. The number of hydrogen-bond donors (Lipinski definition) is 1. The fourth-order valence-corrected chi connectivity index (χ4v) is 6.19. The summed E-state index contributed by atoms with van der Waals surface area (Å²) in [5, 5.41) is 10.5. The Bertz CT molecular complexity index is 1480. The van der Waals surface area contributed by atoms with Crippen LogP contribution in [-0.4, -0.2) is 70.7 Å². The third-order valence-electron chi connectivity index (χ3n) is 6.44. The van der Waals surface area contributed by atoms with Gasteiger partial charge in [0.25, 0.3) is 0 Å². The predicted molar refractivity (Wildman–Crippen MR) is 141 cm³/mol. The molecule has 11 nitrogen and oxygen atoms in total. The predicted octanol–water partition coefficient (Wildman–Crippen LogP) is 2.95. The summed E-state index contributed by atoms with van der Waals surface area (Å²) in [4.78, 5) is 27.8. The third kappa shape index (κ3) is 5.08. The standard InChI is InChI=1S/C27H28N2O9S/c1-35-20-12-10-17(14-22(20)37-3)25-26(27(31)32)28(39(33,34)19-8-6-5-7-9-19)16-24(30)29(25)18-11-13-21(36-2)23(15-18)38-4/h5-15,25-26H,16H2,1-4H3,(H,31,32)/t25-,26+/m1/s1. The van der Waals surface area contributed by atoms with Crippen LogP contribution in [0.1, 0.15) is 11.6 Å². The molecule has 3 aromatic carbocycles. The molecule has 1 amide bonds. The number of anilines is 1. The lowest BCUT2D eigenvalue weighted by Gasteiger charge is -2.44. The second-order valence-electron chi connectivity index (χ2n) is 8.51. The summed E-state index contributed by atoms with van der Waals surface area (Å²) < 4.78 is 49.5. The minimum absolute atomic E-state index is 0.130. The number of carbonyl (C=O) groups is 2. The minimum atomic E-state index is -4.38. The van der Waals surface area contributed by atoms with Crippen LogP contribution in [0.3, 0.4) is 0 Å². The van der Waals surface area contributed by atoms with Gasteiger partial charge in [-0.25, -0.2) is 8.42 Å². The molecule has 0 saturated carbocycles. The Morgan fingerprint density at radius 3 is 1.95 bits per heavy atom. The largest absolute Gasteiger partial charge is 0.493 e. The molecule has 1 aliphatic heterocycles. The number of carbonyl (C=O) groups excluding carboxylic acids is 1. The molecule has 4 rings (SSSR count). The highest BCUT2D eigenvalue weighted by molar-refractivity contribution is 7.89. The van der Waals surface area contributed by atoms with Crippen LogP contribution in [0.5, 0.6) is 23.0 Å². The number of hydrogen-bond acceptors (Lipinski definition) is 8. The normalized spacial score (nSPS) is 17.9. The van der Waals surface area contributed by atoms with Crippen LogP contribution in [0.4, 0.5) is 5.69 Å². The van der Waals surface area contributed by atoms with Gasteiger partial charge in [0.2, 0.25) is 15.9 Å². The molecule has 3 aromatic rings. The van der Waals surface area contributed by atoms with E-state index < -0.39 is 40.5 Å². The van der Waals surface area contributed by atoms with Gasteiger partial charge in [0.1, 0.15) is 6.04 Å². The average molecular weight is 557 g/mol. The van der Waals surface area contributed by atoms with Crippen LogP contribution in [0.2, 0.25) is 0 Å². The van der Waals surface area contributed by atoms with Gasteiger partial charge in [-0.05, 0) is 42.0 Å². The van der Waals surface area contributed by atoms with Crippen LogP contribution in [0, 0.1) is 0 Å². The number of rotatable bonds is 9. The number of amides is 1. The van der Waals surface area contributed by atoms with Crippen LogP contribution >= 0.6 is 0 Å². The highest BCUT2D eigenvalue weighted by Gasteiger charge is 2.51. The van der Waals surface area contributed by atoms with E-state index in [4.69, 9.17) is 18.9 Å². The maximum Gasteiger partial charge on any atom is 0.324 e. The number of carboxylic acid groups (broad SMARTS) is 1. The van der Waals surface area contributed by atoms with E-state index in [2.05, 4.69) is 0 Å². The summed E-state index contributed by atoms with van der Waals surface area (Å²) in [7, 11) is 1.38. The van der Waals surface area contributed by atoms with Gasteiger partial charge in [0.15, 0.2) is 23.0 Å². The van der Waals surface area contributed by atoms with Gasteiger partial charge >= 0.3 is 5.97 Å². The Kier molecular flexibility index (Phi) is 7.98. The van der Waals surface area contributed by atoms with E-state index in [0.717, 1.165) is 4.31 Å². The number of ether oxygens (including phenoxy) is 4. The lowest BCUT2D eigenvalue weighted by atomic mass is 9.93. The van der Waals surface area contributed by atoms with Crippen molar-refractivity contribution in [2.24, 2.45) is 0 Å². The maximum absolute atomic E-state index is 13.8. The first kappa shape index (κ1) is 27.7. The smallest absolute Gasteiger partial charge is 0.324 e. The maximum atomic E-state index is 13.8. The van der Waals surface area contributed by atoms with Crippen molar-refractivity contribution >= 4 is 27.6 Å². The summed E-state index contributed by atoms with van der Waals surface area (Å²) >= 11 is 0. The van der Waals surface area contributed by atoms with Crippen molar-refractivity contribution in [1.29, 1.82) is 0 Å². The van der Waals surface area contributed by atoms with Crippen molar-refractivity contribution in [2.75, 3.05) is 39.9 Å². The zero-order chi connectivity index (χ0) is 28.3. The number of carboxylic acids is 1. The van der Waals surface area contributed by atoms with E-state index in [1.165, 1.54) is 69.7 Å². The van der Waals surface area contributed by atoms with E-state index in [1.54, 1.807) is 30.3 Å². The molecule has 0 bridgehead atoms. The van der Waals surface area contributed by atoms with Crippen molar-refractivity contribution in [3.05, 3.63) is 72.3 Å². The molecular weight excluding hydrogens is 528 g/mol. The third-order valence-corrected chi connectivity index (χ3v) is 8.29. The molecule has 0 spiro atoms. The molecule has 1 fully saturated rings. The summed E-state index contributed by atoms with van der Waals surface area (Å²) in [6.07, 6.45) is 0. The first-order chi connectivity index (χ1) is 18.7. The molecule has 0 radical (unpaired) electrons. The van der Waals surface area contributed by atoms with E-state index in [0.29, 0.717) is 28.5 Å². The van der Waals surface area contributed by atoms with E-state index in [-0.39, 0.29) is 10.6 Å². The molecule has 12 heteroatoms. The molecule has 39 heavy (non-hydrogen) atoms. The van der Waals surface area contributed by atoms with E-state index >= 15 is 0 Å². The van der Waals surface area contributed by atoms with Crippen LogP contribution < -0.4 is 23.8 Å². The molecule has 206 valence electrons. The first-order valence-electron chi connectivity index (χ1n) is 11.7. The lowest BCUT2D eigenvalue weighted by molar-refractivity contribution is -0.144. The van der Waals surface area contributed by atoms with Crippen LogP contribution in [-0.2, 0) is 19.6 Å². The van der Waals surface area contributed by atoms with E-state index in [9.17, 15) is 23.1 Å². The van der Waals surface area contributed by atoms with Gasteiger partial charge in [0, 0.05) is 11.8 Å². The van der Waals surface area contributed by atoms with Gasteiger partial charge in [-0.15, -0.1) is 0 Å². The van der Waals surface area contributed by atoms with Crippen LogP contribution in [0.25, 0.3) is 0 Å². The van der Waals surface area contributed by atoms with Crippen molar-refractivity contribution in [1.82, 2.24) is 4.31 Å². The van der Waals surface area contributed by atoms with Crippen molar-refractivity contribution in [3.8, 4) is 23.0 Å². The molecule has 1 saturated heterocycles. The molecule has 1 aliphatic rings. The summed E-state index contributed by atoms with van der Waals surface area (Å²) in [6, 6.07) is 13.8. The fraction of sp³-hybridized carbons (Fsp3) is 0.259. The van der Waals surface area contributed by atoms with Crippen molar-refractivity contribution in [2.45, 2.75) is 17.0 Å². The molecule has 0 unspecified atom stereocenters. The Hall–Kier alpha value is -4.29. The first-order valence-corrected chi connectivity index (χ1v) is 13.2. The quantitative estimate of drug-likeness (QED) is 0.422. The molecule has 1 N–H and O–H groups in total. The number of piperazine rings is 1.